The number of carbonyl (C=O) groups excluding carboxylic acids is 3. The Morgan fingerprint density at radius 3 is 2.54 bits per heavy atom. The number of carbonyl (C=O) groups is 3. The van der Waals surface area contributed by atoms with E-state index in [0.29, 0.717) is 12.1 Å². The molecule has 128 valence electrons. The highest BCUT2D eigenvalue weighted by Gasteiger charge is 2.36. The maximum atomic E-state index is 12.7. The molecule has 1 N–H and O–H groups in total. The lowest BCUT2D eigenvalue weighted by molar-refractivity contribution is -0.314. The van der Waals surface area contributed by atoms with Gasteiger partial charge in [-0.2, -0.15) is 0 Å². The van der Waals surface area contributed by atoms with Gasteiger partial charge in [0.25, 0.3) is 0 Å². The molecule has 24 heavy (non-hydrogen) atoms. The van der Waals surface area contributed by atoms with Crippen molar-refractivity contribution in [3.63, 3.8) is 0 Å². The Bertz CT molecular complexity index is 694. The van der Waals surface area contributed by atoms with Gasteiger partial charge in [-0.05, 0) is 31.4 Å². The zero-order valence-electron chi connectivity index (χ0n) is 13.9. The third-order valence-corrected chi connectivity index (χ3v) is 4.29. The summed E-state index contributed by atoms with van der Waals surface area (Å²) in [6, 6.07) is 6.44. The van der Waals surface area contributed by atoms with Crippen LogP contribution in [0.4, 0.5) is 5.69 Å². The zero-order valence-corrected chi connectivity index (χ0v) is 13.9. The molecule has 2 rings (SSSR count). The lowest BCUT2D eigenvalue weighted by Crippen LogP contribution is -2.45. The van der Waals surface area contributed by atoms with E-state index in [9.17, 15) is 19.5 Å². The summed E-state index contributed by atoms with van der Waals surface area (Å²) in [5.41, 5.74) is 1.47. The van der Waals surface area contributed by atoms with Crippen LogP contribution >= 0.6 is 0 Å². The molecule has 3 atom stereocenters. The highest BCUT2D eigenvalue weighted by atomic mass is 16.5. The number of ether oxygens (including phenoxy) is 1. The molecule has 0 aliphatic heterocycles. The molecule has 6 heteroatoms. The Balaban J connectivity index is 2.28. The number of carboxylic acids is 1. The molecule has 1 aromatic rings. The number of aliphatic carboxylic acids is 1. The normalized spacial score (nSPS) is 23.1. The highest BCUT2D eigenvalue weighted by molar-refractivity contribution is 6.02. The summed E-state index contributed by atoms with van der Waals surface area (Å²) in [7, 11) is 1.25. The number of methoxy groups -OCH3 is 1. The molecule has 0 radical (unpaired) electrons. The van der Waals surface area contributed by atoms with Crippen molar-refractivity contribution < 1.29 is 24.2 Å². The number of hydrogen-bond donors (Lipinski definition) is 1. The molecule has 0 saturated carbocycles. The monoisotopic (exact) mass is 330 g/mol. The maximum absolute atomic E-state index is 12.7. The third-order valence-electron chi connectivity index (χ3n) is 4.29. The fourth-order valence-electron chi connectivity index (χ4n) is 3.20. The molecule has 1 aliphatic carbocycles. The first-order chi connectivity index (χ1) is 11.3. The predicted molar refractivity (Wildman–Crippen MR) is 85.9 cm³/mol. The van der Waals surface area contributed by atoms with Crippen molar-refractivity contribution in [1.29, 1.82) is 0 Å². The number of nitrogens with one attached hydrogen (secondary N) is 1. The topological polar surface area (TPSA) is 95.5 Å². The summed E-state index contributed by atoms with van der Waals surface area (Å²) < 4.78 is 4.69. The molecular formula is C18H20NO5-. The van der Waals surface area contributed by atoms with Crippen molar-refractivity contribution in [1.82, 2.24) is 0 Å². The van der Waals surface area contributed by atoms with Gasteiger partial charge in [-0.25, -0.2) is 4.79 Å². The Morgan fingerprint density at radius 2 is 1.92 bits per heavy atom. The first-order valence-electron chi connectivity index (χ1n) is 7.71. The van der Waals surface area contributed by atoms with Crippen LogP contribution in [0.5, 0.6) is 0 Å². The van der Waals surface area contributed by atoms with Gasteiger partial charge in [0.15, 0.2) is 0 Å². The van der Waals surface area contributed by atoms with Crippen LogP contribution in [0, 0.1) is 17.8 Å². The number of esters is 1. The number of para-hydroxylation sites is 1. The second-order valence-corrected chi connectivity index (χ2v) is 6.05. The Morgan fingerprint density at radius 1 is 1.25 bits per heavy atom. The van der Waals surface area contributed by atoms with Crippen LogP contribution in [-0.2, 0) is 14.3 Å². The van der Waals surface area contributed by atoms with Gasteiger partial charge in [-0.1, -0.05) is 30.7 Å². The Kier molecular flexibility index (Phi) is 5.39. The van der Waals surface area contributed by atoms with E-state index in [1.165, 1.54) is 13.2 Å². The number of carboxylic acid groups (broad SMARTS) is 1. The van der Waals surface area contributed by atoms with E-state index < -0.39 is 29.7 Å². The minimum Gasteiger partial charge on any atom is -0.550 e. The minimum atomic E-state index is -1.24. The molecular weight excluding hydrogens is 310 g/mol. The van der Waals surface area contributed by atoms with Crippen LogP contribution in [0.1, 0.15) is 30.6 Å². The number of rotatable bonds is 4. The van der Waals surface area contributed by atoms with E-state index in [0.717, 1.165) is 5.57 Å². The number of anilines is 1. The van der Waals surface area contributed by atoms with Crippen molar-refractivity contribution in [2.24, 2.45) is 17.8 Å². The van der Waals surface area contributed by atoms with Crippen LogP contribution in [0.25, 0.3) is 0 Å². The van der Waals surface area contributed by atoms with Gasteiger partial charge in [-0.15, -0.1) is 0 Å². The molecule has 1 aliphatic rings. The standard InChI is InChI=1S/C18H21NO5/c1-10-8-11(2)15(17(21)22)13(9-10)16(20)19-14-7-5-4-6-12(14)18(23)24-3/h4-8,11,13,15H,9H2,1-3H3,(H,19,20)(H,21,22)/p-1/t11-,13-,15-/m1/s1. The molecule has 1 amide bonds. The van der Waals surface area contributed by atoms with Gasteiger partial charge >= 0.3 is 5.97 Å². The summed E-state index contributed by atoms with van der Waals surface area (Å²) in [5.74, 6) is -4.21. The smallest absolute Gasteiger partial charge is 0.339 e. The number of allylic oxidation sites excluding steroid dienone is 2. The Hall–Kier alpha value is -2.63. The van der Waals surface area contributed by atoms with Gasteiger partial charge in [-0.3, -0.25) is 4.79 Å². The van der Waals surface area contributed by atoms with E-state index in [2.05, 4.69) is 5.32 Å². The molecule has 0 aromatic heterocycles. The van der Waals surface area contributed by atoms with Crippen molar-refractivity contribution in [2.45, 2.75) is 20.3 Å². The van der Waals surface area contributed by atoms with E-state index in [-0.39, 0.29) is 11.5 Å². The van der Waals surface area contributed by atoms with Crippen LogP contribution in [0.3, 0.4) is 0 Å². The third kappa shape index (κ3) is 3.64. The summed E-state index contributed by atoms with van der Waals surface area (Å²) in [4.78, 5) is 35.9. The molecule has 0 saturated heterocycles. The number of hydrogen-bond acceptors (Lipinski definition) is 5. The lowest BCUT2D eigenvalue weighted by atomic mass is 9.73. The van der Waals surface area contributed by atoms with Gasteiger partial charge in [0.2, 0.25) is 5.91 Å². The summed E-state index contributed by atoms with van der Waals surface area (Å²) in [6.07, 6.45) is 2.20. The van der Waals surface area contributed by atoms with E-state index in [1.54, 1.807) is 25.1 Å². The summed E-state index contributed by atoms with van der Waals surface area (Å²) in [5, 5.41) is 14.1. The van der Waals surface area contributed by atoms with Gasteiger partial charge in [0.1, 0.15) is 0 Å². The molecule has 0 heterocycles. The van der Waals surface area contributed by atoms with E-state index >= 15 is 0 Å². The molecule has 0 bridgehead atoms. The summed E-state index contributed by atoms with van der Waals surface area (Å²) >= 11 is 0. The minimum absolute atomic E-state index is 0.217. The predicted octanol–water partition coefficient (Wildman–Crippen LogP) is 1.38. The fourth-order valence-corrected chi connectivity index (χ4v) is 3.20. The largest absolute Gasteiger partial charge is 0.550 e. The quantitative estimate of drug-likeness (QED) is 0.665. The second kappa shape index (κ2) is 7.29. The van der Waals surface area contributed by atoms with Gasteiger partial charge in [0.05, 0.1) is 24.3 Å². The molecule has 0 unspecified atom stereocenters. The fraction of sp³-hybridized carbons (Fsp3) is 0.389. The first-order valence-corrected chi connectivity index (χ1v) is 7.71. The number of benzene rings is 1. The maximum Gasteiger partial charge on any atom is 0.339 e. The summed E-state index contributed by atoms with van der Waals surface area (Å²) in [6.45, 7) is 3.62. The lowest BCUT2D eigenvalue weighted by Gasteiger charge is -2.35. The average molecular weight is 330 g/mol. The van der Waals surface area contributed by atoms with Crippen LogP contribution < -0.4 is 10.4 Å². The highest BCUT2D eigenvalue weighted by Crippen LogP contribution is 2.34. The van der Waals surface area contributed by atoms with Crippen molar-refractivity contribution >= 4 is 23.5 Å². The van der Waals surface area contributed by atoms with Crippen molar-refractivity contribution in [2.75, 3.05) is 12.4 Å². The Labute approximate surface area is 140 Å². The van der Waals surface area contributed by atoms with Gasteiger partial charge < -0.3 is 20.0 Å². The van der Waals surface area contributed by atoms with Crippen LogP contribution in [-0.4, -0.2) is 25.0 Å². The average Bonchev–Trinajstić information content (AvgIpc) is 2.53. The van der Waals surface area contributed by atoms with Gasteiger partial charge in [0, 0.05) is 11.9 Å². The van der Waals surface area contributed by atoms with Crippen LogP contribution in [0.15, 0.2) is 35.9 Å². The first kappa shape index (κ1) is 17.7. The SMILES string of the molecule is COC(=O)c1ccccc1NC(=O)[C@@H]1CC(C)=C[C@@H](C)[C@H]1C(=O)[O-]. The van der Waals surface area contributed by atoms with E-state index in [4.69, 9.17) is 4.74 Å². The van der Waals surface area contributed by atoms with E-state index in [1.807, 2.05) is 13.0 Å². The molecule has 6 nitrogen and oxygen atoms in total. The number of amides is 1. The van der Waals surface area contributed by atoms with Crippen molar-refractivity contribution in [3.05, 3.63) is 41.5 Å². The molecule has 0 spiro atoms. The van der Waals surface area contributed by atoms with Crippen molar-refractivity contribution in [3.8, 4) is 0 Å². The molecule has 1 aromatic carbocycles. The zero-order chi connectivity index (χ0) is 17.9. The second-order valence-electron chi connectivity index (χ2n) is 6.05. The van der Waals surface area contributed by atoms with Crippen LogP contribution in [0.2, 0.25) is 0 Å². The molecule has 0 fully saturated rings.